The summed E-state index contributed by atoms with van der Waals surface area (Å²) in [6, 6.07) is -0.478. The van der Waals surface area contributed by atoms with E-state index in [9.17, 15) is 13.2 Å². The van der Waals surface area contributed by atoms with Crippen molar-refractivity contribution < 1.29 is 17.9 Å². The molecule has 1 aliphatic rings. The Morgan fingerprint density at radius 3 is 2.38 bits per heavy atom. The monoisotopic (exact) mass is 323 g/mol. The molecule has 0 radical (unpaired) electrons. The molecule has 0 bridgehead atoms. The zero-order valence-corrected chi connectivity index (χ0v) is 12.7. The summed E-state index contributed by atoms with van der Waals surface area (Å²) in [5.41, 5.74) is 2.08. The Morgan fingerprint density at radius 1 is 1.33 bits per heavy atom. The minimum Gasteiger partial charge on any atom is -0.376 e. The molecule has 3 N–H and O–H groups in total. The highest BCUT2D eigenvalue weighted by atomic mass is 32.1. The molecule has 0 saturated heterocycles. The number of ether oxygens (including phenoxy) is 1. The quantitative estimate of drug-likeness (QED) is 0.506. The van der Waals surface area contributed by atoms with E-state index in [0.717, 1.165) is 38.5 Å². The molecule has 0 aliphatic heterocycles. The Hall–Kier alpha value is -0.700. The molecule has 1 atom stereocenters. The van der Waals surface area contributed by atoms with Crippen molar-refractivity contribution in [3.8, 4) is 0 Å². The molecule has 1 aromatic heterocycles. The summed E-state index contributed by atoms with van der Waals surface area (Å²) in [4.78, 5) is 3.95. The third kappa shape index (κ3) is 3.56. The molecule has 120 valence electrons. The van der Waals surface area contributed by atoms with Crippen LogP contribution in [-0.2, 0) is 10.9 Å². The molecule has 4 nitrogen and oxygen atoms in total. The lowest BCUT2D eigenvalue weighted by Crippen LogP contribution is -2.47. The second kappa shape index (κ2) is 6.60. The third-order valence-electron chi connectivity index (χ3n) is 4.10. The van der Waals surface area contributed by atoms with Crippen molar-refractivity contribution in [3.63, 3.8) is 0 Å². The van der Waals surface area contributed by atoms with Crippen LogP contribution in [0.1, 0.15) is 54.5 Å². The van der Waals surface area contributed by atoms with Crippen molar-refractivity contribution in [1.82, 2.24) is 10.4 Å². The van der Waals surface area contributed by atoms with Crippen molar-refractivity contribution in [3.05, 3.63) is 16.1 Å². The Labute approximate surface area is 125 Å². The van der Waals surface area contributed by atoms with E-state index in [0.29, 0.717) is 16.2 Å². The Kier molecular flexibility index (Phi) is 5.24. The summed E-state index contributed by atoms with van der Waals surface area (Å²) in [5.74, 6) is 5.63. The lowest BCUT2D eigenvalue weighted by molar-refractivity contribution is -0.137. The highest BCUT2D eigenvalue weighted by molar-refractivity contribution is 7.11. The van der Waals surface area contributed by atoms with Crippen LogP contribution in [0.5, 0.6) is 0 Å². The fraction of sp³-hybridized carbons (Fsp3) is 0.769. The number of hydrogen-bond acceptors (Lipinski definition) is 5. The zero-order chi connectivity index (χ0) is 15.5. The van der Waals surface area contributed by atoms with Crippen molar-refractivity contribution in [1.29, 1.82) is 0 Å². The van der Waals surface area contributed by atoms with Gasteiger partial charge in [0.1, 0.15) is 0 Å². The van der Waals surface area contributed by atoms with Crippen LogP contribution in [-0.4, -0.2) is 17.7 Å². The van der Waals surface area contributed by atoms with Gasteiger partial charge >= 0.3 is 6.18 Å². The van der Waals surface area contributed by atoms with Crippen LogP contribution in [0.15, 0.2) is 6.20 Å². The number of alkyl halides is 3. The van der Waals surface area contributed by atoms with Gasteiger partial charge in [-0.3, -0.25) is 5.84 Å². The van der Waals surface area contributed by atoms with E-state index in [2.05, 4.69) is 10.4 Å². The van der Waals surface area contributed by atoms with Crippen LogP contribution >= 0.6 is 11.3 Å². The van der Waals surface area contributed by atoms with Gasteiger partial charge < -0.3 is 4.74 Å². The highest BCUT2D eigenvalue weighted by Crippen LogP contribution is 2.43. The summed E-state index contributed by atoms with van der Waals surface area (Å²) in [5, 5.41) is -0.849. The second-order valence-corrected chi connectivity index (χ2v) is 6.41. The SMILES string of the molecule is COC1(C(NN)c2cnc(C(F)(F)F)s2)CCCCCC1. The molecule has 1 saturated carbocycles. The molecule has 1 aliphatic carbocycles. The third-order valence-corrected chi connectivity index (χ3v) is 5.21. The summed E-state index contributed by atoms with van der Waals surface area (Å²) in [6.45, 7) is 0. The lowest BCUT2D eigenvalue weighted by atomic mass is 9.85. The minimum atomic E-state index is -4.42. The molecule has 21 heavy (non-hydrogen) atoms. The van der Waals surface area contributed by atoms with Gasteiger partial charge in [0.25, 0.3) is 0 Å². The Morgan fingerprint density at radius 2 is 1.95 bits per heavy atom. The van der Waals surface area contributed by atoms with Gasteiger partial charge in [0.05, 0.1) is 11.6 Å². The van der Waals surface area contributed by atoms with Crippen LogP contribution in [0.4, 0.5) is 13.2 Å². The summed E-state index contributed by atoms with van der Waals surface area (Å²) >= 11 is 0.628. The largest absolute Gasteiger partial charge is 0.443 e. The smallest absolute Gasteiger partial charge is 0.376 e. The topological polar surface area (TPSA) is 60.2 Å². The number of nitrogens with two attached hydrogens (primary N) is 1. The maximum Gasteiger partial charge on any atom is 0.443 e. The number of hydrazine groups is 1. The van der Waals surface area contributed by atoms with Crippen molar-refractivity contribution in [2.24, 2.45) is 5.84 Å². The molecule has 1 fully saturated rings. The van der Waals surface area contributed by atoms with Crippen LogP contribution in [0.3, 0.4) is 0 Å². The molecular formula is C13H20F3N3OS. The molecular weight excluding hydrogens is 303 g/mol. The number of nitrogens with one attached hydrogen (secondary N) is 1. The normalized spacial score (nSPS) is 21.0. The van der Waals surface area contributed by atoms with Crippen LogP contribution in [0.25, 0.3) is 0 Å². The Balaban J connectivity index is 2.30. The van der Waals surface area contributed by atoms with Gasteiger partial charge in [0.2, 0.25) is 0 Å². The molecule has 1 heterocycles. The first kappa shape index (κ1) is 16.7. The number of aromatic nitrogens is 1. The molecule has 0 amide bonds. The zero-order valence-electron chi connectivity index (χ0n) is 11.9. The number of rotatable bonds is 4. The summed E-state index contributed by atoms with van der Waals surface area (Å²) < 4.78 is 43.9. The number of halogens is 3. The Bertz CT molecular complexity index is 456. The van der Waals surface area contributed by atoms with E-state index < -0.39 is 22.8 Å². The molecule has 0 aromatic carbocycles. The van der Waals surface area contributed by atoms with Gasteiger partial charge in [0.15, 0.2) is 5.01 Å². The number of thiazole rings is 1. The fourth-order valence-corrected chi connectivity index (χ4v) is 3.93. The average Bonchev–Trinajstić information content (AvgIpc) is 2.80. The number of methoxy groups -OCH3 is 1. The van der Waals surface area contributed by atoms with Gasteiger partial charge in [-0.05, 0) is 12.8 Å². The van der Waals surface area contributed by atoms with Crippen molar-refractivity contribution in [2.75, 3.05) is 7.11 Å². The minimum absolute atomic E-state index is 0.466. The summed E-state index contributed by atoms with van der Waals surface area (Å²) in [7, 11) is 1.60. The number of nitrogens with zero attached hydrogens (tertiary/aromatic N) is 1. The van der Waals surface area contributed by atoms with E-state index in [1.807, 2.05) is 0 Å². The maximum atomic E-state index is 12.7. The van der Waals surface area contributed by atoms with Gasteiger partial charge in [-0.1, -0.05) is 25.7 Å². The fourth-order valence-electron chi connectivity index (χ4n) is 2.98. The van der Waals surface area contributed by atoms with Crippen molar-refractivity contribution in [2.45, 2.75) is 56.3 Å². The number of hydrogen-bond donors (Lipinski definition) is 2. The predicted molar refractivity (Wildman–Crippen MR) is 74.6 cm³/mol. The standard InChI is InChI=1S/C13H20F3N3OS/c1-20-12(6-4-2-3-5-7-12)10(19-17)9-8-18-11(21-9)13(14,15)16/h8,10,19H,2-7,17H2,1H3. The van der Waals surface area contributed by atoms with Gasteiger partial charge in [-0.25, -0.2) is 10.4 Å². The first-order valence-electron chi connectivity index (χ1n) is 6.97. The predicted octanol–water partition coefficient (Wildman–Crippen LogP) is 3.41. The molecule has 1 unspecified atom stereocenters. The van der Waals surface area contributed by atoms with Crippen LogP contribution in [0, 0.1) is 0 Å². The second-order valence-electron chi connectivity index (χ2n) is 5.35. The molecule has 2 rings (SSSR count). The van der Waals surface area contributed by atoms with E-state index in [4.69, 9.17) is 10.6 Å². The van der Waals surface area contributed by atoms with Crippen LogP contribution in [0.2, 0.25) is 0 Å². The van der Waals surface area contributed by atoms with Gasteiger partial charge in [0, 0.05) is 18.2 Å². The van der Waals surface area contributed by atoms with E-state index in [-0.39, 0.29) is 0 Å². The lowest BCUT2D eigenvalue weighted by Gasteiger charge is -2.38. The van der Waals surface area contributed by atoms with E-state index in [1.54, 1.807) is 7.11 Å². The maximum absolute atomic E-state index is 12.7. The van der Waals surface area contributed by atoms with Gasteiger partial charge in [-0.2, -0.15) is 13.2 Å². The van der Waals surface area contributed by atoms with E-state index >= 15 is 0 Å². The van der Waals surface area contributed by atoms with Gasteiger partial charge in [-0.15, -0.1) is 11.3 Å². The first-order valence-corrected chi connectivity index (χ1v) is 7.79. The van der Waals surface area contributed by atoms with Crippen LogP contribution < -0.4 is 11.3 Å². The average molecular weight is 323 g/mol. The van der Waals surface area contributed by atoms with E-state index in [1.165, 1.54) is 6.20 Å². The first-order chi connectivity index (χ1) is 9.93. The van der Waals surface area contributed by atoms with Crippen molar-refractivity contribution >= 4 is 11.3 Å². The molecule has 0 spiro atoms. The summed E-state index contributed by atoms with van der Waals surface area (Å²) in [6.07, 6.45) is 2.57. The molecule has 1 aromatic rings. The molecule has 8 heteroatoms. The highest BCUT2D eigenvalue weighted by Gasteiger charge is 2.42.